The highest BCUT2D eigenvalue weighted by Gasteiger charge is 2.30. The molecule has 4 heteroatoms. The quantitative estimate of drug-likeness (QED) is 0.801. The third kappa shape index (κ3) is 3.75. The normalized spacial score (nSPS) is 25.4. The summed E-state index contributed by atoms with van der Waals surface area (Å²) in [7, 11) is 0. The minimum Gasteiger partial charge on any atom is -0.371 e. The fourth-order valence-corrected chi connectivity index (χ4v) is 5.09. The van der Waals surface area contributed by atoms with E-state index in [-0.39, 0.29) is 5.91 Å². The Kier molecular flexibility index (Phi) is 5.49. The van der Waals surface area contributed by atoms with E-state index in [2.05, 4.69) is 41.0 Å². The van der Waals surface area contributed by atoms with Crippen molar-refractivity contribution in [3.05, 3.63) is 24.3 Å². The Morgan fingerprint density at radius 3 is 2.35 bits per heavy atom. The molecular formula is C22H33N3O. The van der Waals surface area contributed by atoms with E-state index in [9.17, 15) is 4.79 Å². The second-order valence-corrected chi connectivity index (χ2v) is 8.32. The number of piperidine rings is 1. The fourth-order valence-electron chi connectivity index (χ4n) is 5.09. The molecule has 4 rings (SSSR count). The molecule has 3 aliphatic heterocycles. The van der Waals surface area contributed by atoms with Gasteiger partial charge in [-0.1, -0.05) is 13.3 Å². The van der Waals surface area contributed by atoms with Crippen LogP contribution in [0.5, 0.6) is 0 Å². The molecule has 1 aromatic carbocycles. The van der Waals surface area contributed by atoms with Crippen LogP contribution in [0.2, 0.25) is 0 Å². The number of carbonyl (C=O) groups is 1. The summed E-state index contributed by atoms with van der Waals surface area (Å²) in [5, 5.41) is 0. The topological polar surface area (TPSA) is 26.8 Å². The lowest BCUT2D eigenvalue weighted by atomic mass is 10.0. The average Bonchev–Trinajstić information content (AvgIpc) is 3.32. The van der Waals surface area contributed by atoms with E-state index < -0.39 is 0 Å². The molecule has 0 N–H and O–H groups in total. The molecule has 142 valence electrons. The van der Waals surface area contributed by atoms with Crippen LogP contribution in [0.4, 0.5) is 11.4 Å². The third-order valence-corrected chi connectivity index (χ3v) is 6.60. The molecular weight excluding hydrogens is 322 g/mol. The molecule has 26 heavy (non-hydrogen) atoms. The SMILES string of the molecule is CCC[C@@H]1CCN(C2CCN(c3ccc(N4CCCC4=O)cc3)CC2)C1. The number of amides is 1. The van der Waals surface area contributed by atoms with E-state index in [4.69, 9.17) is 0 Å². The molecule has 0 unspecified atom stereocenters. The minimum atomic E-state index is 0.269. The van der Waals surface area contributed by atoms with Gasteiger partial charge in [0.2, 0.25) is 5.91 Å². The lowest BCUT2D eigenvalue weighted by molar-refractivity contribution is -0.117. The number of likely N-dealkylation sites (tertiary alicyclic amines) is 1. The molecule has 1 atom stereocenters. The summed E-state index contributed by atoms with van der Waals surface area (Å²) in [6, 6.07) is 9.44. The van der Waals surface area contributed by atoms with Crippen LogP contribution in [-0.2, 0) is 4.79 Å². The first-order valence-corrected chi connectivity index (χ1v) is 10.6. The summed E-state index contributed by atoms with van der Waals surface area (Å²) in [5.74, 6) is 1.21. The van der Waals surface area contributed by atoms with Crippen molar-refractivity contribution in [2.24, 2.45) is 5.92 Å². The Morgan fingerprint density at radius 2 is 1.69 bits per heavy atom. The number of hydrogen-bond donors (Lipinski definition) is 0. The van der Waals surface area contributed by atoms with Gasteiger partial charge >= 0.3 is 0 Å². The predicted octanol–water partition coefficient (Wildman–Crippen LogP) is 3.90. The second-order valence-electron chi connectivity index (χ2n) is 8.32. The Labute approximate surface area is 158 Å². The van der Waals surface area contributed by atoms with Crippen LogP contribution in [0.15, 0.2) is 24.3 Å². The van der Waals surface area contributed by atoms with Crippen molar-refractivity contribution in [1.82, 2.24) is 4.90 Å². The number of carbonyl (C=O) groups excluding carboxylic acids is 1. The smallest absolute Gasteiger partial charge is 0.227 e. The Morgan fingerprint density at radius 1 is 0.962 bits per heavy atom. The Balaban J connectivity index is 1.30. The number of rotatable bonds is 5. The van der Waals surface area contributed by atoms with Crippen LogP contribution in [0, 0.1) is 5.92 Å². The van der Waals surface area contributed by atoms with Gasteiger partial charge in [0.15, 0.2) is 0 Å². The maximum atomic E-state index is 11.9. The van der Waals surface area contributed by atoms with Crippen molar-refractivity contribution < 1.29 is 4.79 Å². The highest BCUT2D eigenvalue weighted by atomic mass is 16.2. The molecule has 0 aliphatic carbocycles. The summed E-state index contributed by atoms with van der Waals surface area (Å²) < 4.78 is 0. The summed E-state index contributed by atoms with van der Waals surface area (Å²) >= 11 is 0. The molecule has 3 saturated heterocycles. The van der Waals surface area contributed by atoms with Crippen molar-refractivity contribution in [3.8, 4) is 0 Å². The first-order chi connectivity index (χ1) is 12.7. The standard InChI is InChI=1S/C22H33N3O/c1-2-4-18-10-14-24(17-18)20-11-15-23(16-12-20)19-6-8-21(9-7-19)25-13-3-5-22(25)26/h6-9,18,20H,2-5,10-17H2,1H3/t18-/m1/s1. The van der Waals surface area contributed by atoms with Crippen LogP contribution < -0.4 is 9.80 Å². The van der Waals surface area contributed by atoms with Gasteiger partial charge in [-0.25, -0.2) is 0 Å². The van der Waals surface area contributed by atoms with Gasteiger partial charge in [0.25, 0.3) is 0 Å². The van der Waals surface area contributed by atoms with Crippen molar-refractivity contribution in [2.45, 2.75) is 57.9 Å². The largest absolute Gasteiger partial charge is 0.371 e. The molecule has 3 fully saturated rings. The summed E-state index contributed by atoms with van der Waals surface area (Å²) in [6.45, 7) is 8.14. The fraction of sp³-hybridized carbons (Fsp3) is 0.682. The first-order valence-electron chi connectivity index (χ1n) is 10.6. The van der Waals surface area contributed by atoms with E-state index in [0.717, 1.165) is 43.7 Å². The van der Waals surface area contributed by atoms with Crippen LogP contribution >= 0.6 is 0 Å². The first kappa shape index (κ1) is 17.8. The molecule has 4 nitrogen and oxygen atoms in total. The molecule has 0 bridgehead atoms. The van der Waals surface area contributed by atoms with Crippen LogP contribution in [-0.4, -0.2) is 49.6 Å². The van der Waals surface area contributed by atoms with Crippen molar-refractivity contribution in [1.29, 1.82) is 0 Å². The van der Waals surface area contributed by atoms with Gasteiger partial charge in [0.05, 0.1) is 0 Å². The molecule has 0 aromatic heterocycles. The van der Waals surface area contributed by atoms with E-state index >= 15 is 0 Å². The van der Waals surface area contributed by atoms with Crippen LogP contribution in [0.25, 0.3) is 0 Å². The van der Waals surface area contributed by atoms with E-state index in [1.165, 1.54) is 50.9 Å². The van der Waals surface area contributed by atoms with Gasteiger partial charge < -0.3 is 9.80 Å². The highest BCUT2D eigenvalue weighted by molar-refractivity contribution is 5.95. The minimum absolute atomic E-state index is 0.269. The summed E-state index contributed by atoms with van der Waals surface area (Å²) in [4.78, 5) is 19.1. The molecule has 0 radical (unpaired) electrons. The lowest BCUT2D eigenvalue weighted by Crippen LogP contribution is -2.44. The van der Waals surface area contributed by atoms with Gasteiger partial charge in [0.1, 0.15) is 0 Å². The summed E-state index contributed by atoms with van der Waals surface area (Å²) in [6.07, 6.45) is 8.40. The molecule has 3 heterocycles. The maximum Gasteiger partial charge on any atom is 0.227 e. The zero-order chi connectivity index (χ0) is 17.9. The Bertz CT molecular complexity index is 606. The van der Waals surface area contributed by atoms with Gasteiger partial charge in [-0.15, -0.1) is 0 Å². The third-order valence-electron chi connectivity index (χ3n) is 6.60. The van der Waals surface area contributed by atoms with E-state index in [1.807, 2.05) is 4.90 Å². The van der Waals surface area contributed by atoms with Crippen LogP contribution in [0.3, 0.4) is 0 Å². The summed E-state index contributed by atoms with van der Waals surface area (Å²) in [5.41, 5.74) is 2.37. The maximum absolute atomic E-state index is 11.9. The van der Waals surface area contributed by atoms with Gasteiger partial charge in [-0.05, 0) is 68.8 Å². The zero-order valence-electron chi connectivity index (χ0n) is 16.2. The van der Waals surface area contributed by atoms with Crippen LogP contribution in [0.1, 0.15) is 51.9 Å². The molecule has 3 aliphatic rings. The highest BCUT2D eigenvalue weighted by Crippen LogP contribution is 2.30. The van der Waals surface area contributed by atoms with Crippen molar-refractivity contribution in [2.75, 3.05) is 42.5 Å². The van der Waals surface area contributed by atoms with Crippen molar-refractivity contribution >= 4 is 17.3 Å². The predicted molar refractivity (Wildman–Crippen MR) is 108 cm³/mol. The number of benzene rings is 1. The monoisotopic (exact) mass is 355 g/mol. The molecule has 0 saturated carbocycles. The number of anilines is 2. The zero-order valence-corrected chi connectivity index (χ0v) is 16.2. The second kappa shape index (κ2) is 7.99. The molecule has 1 aromatic rings. The van der Waals surface area contributed by atoms with E-state index in [0.29, 0.717) is 6.42 Å². The Hall–Kier alpha value is -1.55. The number of nitrogens with zero attached hydrogens (tertiary/aromatic N) is 3. The van der Waals surface area contributed by atoms with Gasteiger partial charge in [-0.3, -0.25) is 9.69 Å². The van der Waals surface area contributed by atoms with Gasteiger partial charge in [-0.2, -0.15) is 0 Å². The van der Waals surface area contributed by atoms with Crippen molar-refractivity contribution in [3.63, 3.8) is 0 Å². The van der Waals surface area contributed by atoms with Gasteiger partial charge in [0, 0.05) is 50.0 Å². The lowest BCUT2D eigenvalue weighted by Gasteiger charge is -2.38. The van der Waals surface area contributed by atoms with E-state index in [1.54, 1.807) is 0 Å². The molecule has 1 amide bonds. The number of hydrogen-bond acceptors (Lipinski definition) is 3. The average molecular weight is 356 g/mol. The molecule has 0 spiro atoms.